The summed E-state index contributed by atoms with van der Waals surface area (Å²) >= 11 is 0. The van der Waals surface area contributed by atoms with Crippen molar-refractivity contribution in [3.05, 3.63) is 70.8 Å². The molecule has 2 aromatic rings. The van der Waals surface area contributed by atoms with Crippen molar-refractivity contribution in [2.24, 2.45) is 4.99 Å². The molecule has 0 fully saturated rings. The molecule has 0 spiro atoms. The third-order valence-electron chi connectivity index (χ3n) is 5.02. The van der Waals surface area contributed by atoms with Crippen molar-refractivity contribution in [1.82, 2.24) is 0 Å². The third kappa shape index (κ3) is 3.67. The molecule has 4 rings (SSSR count). The first-order chi connectivity index (χ1) is 14.9. The molecule has 1 N–H and O–H groups in total. The van der Waals surface area contributed by atoms with Gasteiger partial charge in [-0.25, -0.2) is 21.8 Å². The van der Waals surface area contributed by atoms with Crippen molar-refractivity contribution < 1.29 is 26.4 Å². The summed E-state index contributed by atoms with van der Waals surface area (Å²) in [6.07, 6.45) is 5.72. The smallest absolute Gasteiger partial charge is 0.212 e. The highest BCUT2D eigenvalue weighted by atomic mass is 32.2. The molecular weight excluding hydrogens is 452 g/mol. The summed E-state index contributed by atoms with van der Waals surface area (Å²) in [5, 5.41) is 7.73. The predicted octanol–water partition coefficient (Wildman–Crippen LogP) is 2.67. The first-order valence-corrected chi connectivity index (χ1v) is 13.0. The third-order valence-corrected chi connectivity index (χ3v) is 7.29. The van der Waals surface area contributed by atoms with Crippen molar-refractivity contribution in [1.29, 1.82) is 5.41 Å². The molecule has 0 amide bonds. The Morgan fingerprint density at radius 1 is 0.812 bits per heavy atom. The van der Waals surface area contributed by atoms with E-state index in [2.05, 4.69) is 4.99 Å². The molecular formula is C22H16N2O6S2. The van der Waals surface area contributed by atoms with E-state index in [9.17, 15) is 26.4 Å². The van der Waals surface area contributed by atoms with E-state index in [-0.39, 0.29) is 49.2 Å². The lowest BCUT2D eigenvalue weighted by molar-refractivity contribution is 0.105. The molecule has 2 aliphatic rings. The quantitative estimate of drug-likeness (QED) is 0.735. The molecule has 0 bridgehead atoms. The number of fused-ring (bicyclic) bond motifs is 2. The Labute approximate surface area is 184 Å². The molecule has 8 nitrogen and oxygen atoms in total. The number of sulfone groups is 2. The fraction of sp³-hybridized carbons (Fsp3) is 0.0909. The van der Waals surface area contributed by atoms with Gasteiger partial charge in [0.15, 0.2) is 19.7 Å². The van der Waals surface area contributed by atoms with Crippen LogP contribution in [-0.4, -0.2) is 52.3 Å². The Morgan fingerprint density at radius 2 is 1.47 bits per heavy atom. The second-order valence-corrected chi connectivity index (χ2v) is 11.4. The largest absolute Gasteiger partial charge is 0.297 e. The van der Waals surface area contributed by atoms with Crippen LogP contribution in [0.5, 0.6) is 0 Å². The summed E-state index contributed by atoms with van der Waals surface area (Å²) < 4.78 is 49.3. The minimum Gasteiger partial charge on any atom is -0.297 e. The Morgan fingerprint density at radius 3 is 2.09 bits per heavy atom. The summed E-state index contributed by atoms with van der Waals surface area (Å²) in [7, 11) is -7.49. The van der Waals surface area contributed by atoms with Gasteiger partial charge < -0.3 is 0 Å². The van der Waals surface area contributed by atoms with Crippen molar-refractivity contribution in [2.75, 3.05) is 12.5 Å². The molecule has 0 saturated heterocycles. The maximum absolute atomic E-state index is 13.0. The van der Waals surface area contributed by atoms with Crippen LogP contribution < -0.4 is 0 Å². The van der Waals surface area contributed by atoms with Gasteiger partial charge in [0.1, 0.15) is 11.4 Å². The van der Waals surface area contributed by atoms with Crippen LogP contribution in [0, 0.1) is 5.41 Å². The average molecular weight is 469 g/mol. The molecule has 162 valence electrons. The SMILES string of the molecule is CS(=O)(=O)C1=C/C(=N\c2cc3c(c(S(C)(=O)=O)c2)C=CC(=N)C3=O)C(=O)c2ccccc21. The zero-order valence-corrected chi connectivity index (χ0v) is 18.5. The van der Waals surface area contributed by atoms with Crippen LogP contribution >= 0.6 is 0 Å². The fourth-order valence-corrected chi connectivity index (χ4v) is 5.38. The number of rotatable bonds is 3. The number of hydrogen-bond donors (Lipinski definition) is 1. The highest BCUT2D eigenvalue weighted by molar-refractivity contribution is 8.00. The number of nitrogens with one attached hydrogen (secondary N) is 1. The van der Waals surface area contributed by atoms with Crippen LogP contribution in [0.3, 0.4) is 0 Å². The lowest BCUT2D eigenvalue weighted by atomic mass is 9.93. The molecule has 2 aromatic carbocycles. The Bertz CT molecular complexity index is 1560. The van der Waals surface area contributed by atoms with Crippen molar-refractivity contribution in [3.8, 4) is 0 Å². The number of allylic oxidation sites excluding steroid dienone is 2. The van der Waals surface area contributed by atoms with Gasteiger partial charge in [0, 0.05) is 34.8 Å². The molecule has 32 heavy (non-hydrogen) atoms. The van der Waals surface area contributed by atoms with Gasteiger partial charge in [-0.15, -0.1) is 0 Å². The molecule has 0 aliphatic heterocycles. The standard InChI is InChI=1S/C22H16N2O6S2/c1-31(27,28)19-10-12(9-16-14(19)7-8-17(23)21(16)25)24-18-11-20(32(2,29)30)13-5-3-4-6-15(13)22(18)26/h3-11,23H,1-2H3/b23-17?,24-18+. The van der Waals surface area contributed by atoms with E-state index in [1.807, 2.05) is 0 Å². The molecule has 0 atom stereocenters. The minimum absolute atomic E-state index is 0.0209. The van der Waals surface area contributed by atoms with Crippen molar-refractivity contribution in [2.45, 2.75) is 4.90 Å². The maximum Gasteiger partial charge on any atom is 0.212 e. The number of carbonyl (C=O) groups excluding carboxylic acids is 2. The van der Waals surface area contributed by atoms with Gasteiger partial charge in [0.2, 0.25) is 11.6 Å². The van der Waals surface area contributed by atoms with Gasteiger partial charge in [-0.3, -0.25) is 15.0 Å². The van der Waals surface area contributed by atoms with Crippen LogP contribution in [0.4, 0.5) is 5.69 Å². The lowest BCUT2D eigenvalue weighted by Crippen LogP contribution is -2.21. The van der Waals surface area contributed by atoms with Gasteiger partial charge >= 0.3 is 0 Å². The highest BCUT2D eigenvalue weighted by Crippen LogP contribution is 2.33. The molecule has 0 unspecified atom stereocenters. The number of aliphatic imine (C=N–C) groups is 1. The fourth-order valence-electron chi connectivity index (χ4n) is 3.56. The van der Waals surface area contributed by atoms with Gasteiger partial charge in [-0.05, 0) is 24.3 Å². The van der Waals surface area contributed by atoms with Crippen molar-refractivity contribution >= 4 is 59.3 Å². The maximum atomic E-state index is 13.0. The average Bonchev–Trinajstić information content (AvgIpc) is 2.71. The normalized spacial score (nSPS) is 17.2. The molecule has 0 radical (unpaired) electrons. The van der Waals surface area contributed by atoms with E-state index >= 15 is 0 Å². The topological polar surface area (TPSA) is 139 Å². The van der Waals surface area contributed by atoms with Crippen molar-refractivity contribution in [3.63, 3.8) is 0 Å². The van der Waals surface area contributed by atoms with E-state index in [0.29, 0.717) is 0 Å². The van der Waals surface area contributed by atoms with E-state index in [4.69, 9.17) is 5.41 Å². The van der Waals surface area contributed by atoms with Crippen LogP contribution in [0.2, 0.25) is 0 Å². The van der Waals surface area contributed by atoms with E-state index < -0.39 is 31.2 Å². The summed E-state index contributed by atoms with van der Waals surface area (Å²) in [5.74, 6) is -1.22. The van der Waals surface area contributed by atoms with Gasteiger partial charge in [-0.2, -0.15) is 0 Å². The first-order valence-electron chi connectivity index (χ1n) is 9.22. The number of benzene rings is 2. The summed E-state index contributed by atoms with van der Waals surface area (Å²) in [5.41, 5.74) is -0.0272. The summed E-state index contributed by atoms with van der Waals surface area (Å²) in [4.78, 5) is 29.4. The van der Waals surface area contributed by atoms with Crippen LogP contribution in [0.15, 0.2) is 58.4 Å². The first kappa shape index (κ1) is 21.7. The number of hydrogen-bond acceptors (Lipinski definition) is 8. The minimum atomic E-state index is -3.78. The van der Waals surface area contributed by atoms with Gasteiger partial charge in [0.05, 0.1) is 15.5 Å². The summed E-state index contributed by atoms with van der Waals surface area (Å²) in [6.45, 7) is 0. The van der Waals surface area contributed by atoms with Gasteiger partial charge in [-0.1, -0.05) is 30.3 Å². The van der Waals surface area contributed by atoms with Crippen LogP contribution in [0.1, 0.15) is 31.8 Å². The highest BCUT2D eigenvalue weighted by Gasteiger charge is 2.30. The molecule has 0 heterocycles. The molecule has 2 aliphatic carbocycles. The molecule has 0 aromatic heterocycles. The molecule has 0 saturated carbocycles. The predicted molar refractivity (Wildman–Crippen MR) is 121 cm³/mol. The second kappa shape index (κ2) is 7.28. The summed E-state index contributed by atoms with van der Waals surface area (Å²) in [6, 6.07) is 8.72. The van der Waals surface area contributed by atoms with E-state index in [1.54, 1.807) is 12.1 Å². The Kier molecular flexibility index (Phi) is 4.94. The lowest BCUT2D eigenvalue weighted by Gasteiger charge is -2.18. The number of Topliss-reactive ketones (excluding diaryl/α,β-unsaturated/α-hetero) is 2. The zero-order valence-electron chi connectivity index (χ0n) is 16.9. The Hall–Kier alpha value is -3.50. The zero-order chi connectivity index (χ0) is 23.4. The molecule has 10 heteroatoms. The number of carbonyl (C=O) groups is 2. The van der Waals surface area contributed by atoms with Gasteiger partial charge in [0.25, 0.3) is 0 Å². The van der Waals surface area contributed by atoms with E-state index in [1.165, 1.54) is 36.4 Å². The second-order valence-electron chi connectivity index (χ2n) is 7.41. The number of ketones is 2. The van der Waals surface area contributed by atoms with E-state index in [0.717, 1.165) is 18.6 Å². The monoisotopic (exact) mass is 468 g/mol. The van der Waals surface area contributed by atoms with Crippen LogP contribution in [-0.2, 0) is 19.7 Å². The number of nitrogens with zero attached hydrogens (tertiary/aromatic N) is 1. The van der Waals surface area contributed by atoms with Crippen LogP contribution in [0.25, 0.3) is 11.0 Å². The Balaban J connectivity index is 1.99.